The van der Waals surface area contributed by atoms with Gasteiger partial charge in [0.2, 0.25) is 5.91 Å². The molecule has 1 amide bonds. The molecule has 4 heterocycles. The zero-order valence-electron chi connectivity index (χ0n) is 17.7. The van der Waals surface area contributed by atoms with Crippen LogP contribution in [0.3, 0.4) is 0 Å². The van der Waals surface area contributed by atoms with Gasteiger partial charge >= 0.3 is 0 Å². The first-order chi connectivity index (χ1) is 15.8. The number of carbonyl (C=O) groups is 1. The third kappa shape index (κ3) is 4.32. The number of carbonyl (C=O) groups excluding carboxylic acids is 1. The lowest BCUT2D eigenvalue weighted by Gasteiger charge is -2.33. The van der Waals surface area contributed by atoms with Crippen LogP contribution in [0.25, 0.3) is 11.3 Å². The first kappa shape index (κ1) is 20.5. The van der Waals surface area contributed by atoms with Crippen LogP contribution in [0.15, 0.2) is 61.3 Å². The number of amides is 1. The molecule has 5 rings (SSSR count). The van der Waals surface area contributed by atoms with E-state index >= 15 is 0 Å². The molecule has 2 aliphatic heterocycles. The summed E-state index contributed by atoms with van der Waals surface area (Å²) in [6.45, 7) is 3.08. The van der Waals surface area contributed by atoms with Crippen LogP contribution in [-0.2, 0) is 16.0 Å². The van der Waals surface area contributed by atoms with Crippen molar-refractivity contribution in [3.8, 4) is 17.0 Å². The zero-order valence-corrected chi connectivity index (χ0v) is 17.7. The fourth-order valence-electron chi connectivity index (χ4n) is 4.30. The lowest BCUT2D eigenvalue weighted by atomic mass is 10.0. The number of hydrogen-bond donors (Lipinski definition) is 1. The summed E-state index contributed by atoms with van der Waals surface area (Å²) in [6, 6.07) is 9.46. The van der Waals surface area contributed by atoms with Gasteiger partial charge < -0.3 is 14.8 Å². The zero-order chi connectivity index (χ0) is 21.8. The molecule has 0 unspecified atom stereocenters. The van der Waals surface area contributed by atoms with Crippen molar-refractivity contribution in [2.75, 3.05) is 32.8 Å². The third-order valence-corrected chi connectivity index (χ3v) is 5.83. The van der Waals surface area contributed by atoms with Crippen molar-refractivity contribution in [3.05, 3.63) is 72.4 Å². The molecule has 0 aliphatic carbocycles. The maximum absolute atomic E-state index is 13.3. The Hall–Kier alpha value is -3.36. The molecule has 2 aliphatic rings. The minimum absolute atomic E-state index is 0.0476. The minimum Gasteiger partial charge on any atom is -0.487 e. The Bertz CT molecular complexity index is 1060. The topological polar surface area (TPSA) is 89.5 Å². The van der Waals surface area contributed by atoms with Gasteiger partial charge in [0.05, 0.1) is 31.6 Å². The van der Waals surface area contributed by atoms with Crippen LogP contribution in [0.1, 0.15) is 17.2 Å². The van der Waals surface area contributed by atoms with Crippen molar-refractivity contribution < 1.29 is 14.3 Å². The molecular formula is C24H25N5O3. The molecule has 32 heavy (non-hydrogen) atoms. The highest BCUT2D eigenvalue weighted by Crippen LogP contribution is 2.37. The summed E-state index contributed by atoms with van der Waals surface area (Å²) in [5.41, 5.74) is 3.70. The lowest BCUT2D eigenvalue weighted by molar-refractivity contribution is -0.128. The van der Waals surface area contributed by atoms with Gasteiger partial charge in [-0.05, 0) is 23.3 Å². The number of hydrogen-bond acceptors (Lipinski definition) is 7. The van der Waals surface area contributed by atoms with E-state index in [1.807, 2.05) is 24.3 Å². The second-order valence-corrected chi connectivity index (χ2v) is 7.91. The molecule has 0 bridgehead atoms. The highest BCUT2D eigenvalue weighted by molar-refractivity contribution is 5.83. The number of aromatic nitrogens is 3. The average Bonchev–Trinajstić information content (AvgIpc) is 3.28. The van der Waals surface area contributed by atoms with Crippen LogP contribution in [0.5, 0.6) is 5.75 Å². The van der Waals surface area contributed by atoms with E-state index < -0.39 is 6.04 Å². The van der Waals surface area contributed by atoms with Gasteiger partial charge in [-0.3, -0.25) is 24.6 Å². The molecule has 2 atom stereocenters. The second kappa shape index (κ2) is 9.42. The van der Waals surface area contributed by atoms with Crippen molar-refractivity contribution in [2.45, 2.75) is 18.6 Å². The summed E-state index contributed by atoms with van der Waals surface area (Å²) in [5, 5.41) is 3.11. The van der Waals surface area contributed by atoms with E-state index in [9.17, 15) is 4.79 Å². The Morgan fingerprint density at radius 1 is 1.09 bits per heavy atom. The normalized spacial score (nSPS) is 19.1. The van der Waals surface area contributed by atoms with Gasteiger partial charge in [0.15, 0.2) is 0 Å². The number of fused-ring (bicyclic) bond motifs is 1. The molecule has 1 N–H and O–H groups in total. The van der Waals surface area contributed by atoms with Crippen LogP contribution in [-0.4, -0.2) is 64.7 Å². The number of nitrogens with one attached hydrogen (secondary N) is 1. The predicted octanol–water partition coefficient (Wildman–Crippen LogP) is 2.03. The molecule has 1 fully saturated rings. The Balaban J connectivity index is 1.28. The summed E-state index contributed by atoms with van der Waals surface area (Å²) < 4.78 is 11.7. The standard InChI is InChI=1S/C24H25N5O3/c30-24(22(18-4-2-6-25-14-18)29-9-11-31-12-10-29)28-15-19-13-17-3-1-5-20(23(17)32-19)21-16-26-7-8-27-21/h1-8,14,16,19,22H,9-13,15H2,(H,28,30)/t19-,22+/m0/s1. The SMILES string of the molecule is O=C(NC[C@@H]1Cc2cccc(-c3cnccn3)c2O1)[C@@H](c1cccnc1)N1CCOCC1. The maximum Gasteiger partial charge on any atom is 0.242 e. The van der Waals surface area contributed by atoms with Crippen molar-refractivity contribution in [3.63, 3.8) is 0 Å². The summed E-state index contributed by atoms with van der Waals surface area (Å²) in [7, 11) is 0. The van der Waals surface area contributed by atoms with Crippen molar-refractivity contribution in [2.24, 2.45) is 0 Å². The van der Waals surface area contributed by atoms with E-state index in [0.29, 0.717) is 32.8 Å². The summed E-state index contributed by atoms with van der Waals surface area (Å²) in [5.74, 6) is 0.776. The fourth-order valence-corrected chi connectivity index (χ4v) is 4.30. The quantitative estimate of drug-likeness (QED) is 0.639. The van der Waals surface area contributed by atoms with Gasteiger partial charge in [-0.2, -0.15) is 0 Å². The molecule has 0 spiro atoms. The number of rotatable bonds is 6. The molecule has 2 aromatic heterocycles. The van der Waals surface area contributed by atoms with Crippen LogP contribution in [0.4, 0.5) is 0 Å². The van der Waals surface area contributed by atoms with Gasteiger partial charge in [-0.15, -0.1) is 0 Å². The average molecular weight is 431 g/mol. The van der Waals surface area contributed by atoms with Gasteiger partial charge in [0, 0.05) is 49.9 Å². The monoisotopic (exact) mass is 431 g/mol. The predicted molar refractivity (Wildman–Crippen MR) is 118 cm³/mol. The summed E-state index contributed by atoms with van der Waals surface area (Å²) in [6.07, 6.45) is 9.13. The number of nitrogens with zero attached hydrogens (tertiary/aromatic N) is 4. The minimum atomic E-state index is -0.397. The van der Waals surface area contributed by atoms with E-state index in [1.165, 1.54) is 0 Å². The number of ether oxygens (including phenoxy) is 2. The number of para-hydroxylation sites is 1. The molecule has 1 aromatic carbocycles. The fraction of sp³-hybridized carbons (Fsp3) is 0.333. The lowest BCUT2D eigenvalue weighted by Crippen LogP contribution is -2.47. The van der Waals surface area contributed by atoms with Gasteiger partial charge in [-0.1, -0.05) is 18.2 Å². The second-order valence-electron chi connectivity index (χ2n) is 7.91. The highest BCUT2D eigenvalue weighted by Gasteiger charge is 2.31. The Morgan fingerprint density at radius 3 is 2.75 bits per heavy atom. The largest absolute Gasteiger partial charge is 0.487 e. The van der Waals surface area contributed by atoms with Crippen molar-refractivity contribution >= 4 is 5.91 Å². The van der Waals surface area contributed by atoms with Crippen LogP contribution < -0.4 is 10.1 Å². The van der Waals surface area contributed by atoms with Gasteiger partial charge in [0.1, 0.15) is 17.9 Å². The summed E-state index contributed by atoms with van der Waals surface area (Å²) in [4.78, 5) is 28.2. The highest BCUT2D eigenvalue weighted by atomic mass is 16.5. The molecule has 8 heteroatoms. The Morgan fingerprint density at radius 2 is 1.97 bits per heavy atom. The van der Waals surface area contributed by atoms with Crippen molar-refractivity contribution in [1.29, 1.82) is 0 Å². The van der Waals surface area contributed by atoms with Crippen LogP contribution >= 0.6 is 0 Å². The van der Waals surface area contributed by atoms with E-state index in [1.54, 1.807) is 31.0 Å². The number of pyridine rings is 1. The van der Waals surface area contributed by atoms with Gasteiger partial charge in [-0.25, -0.2) is 0 Å². The molecule has 164 valence electrons. The number of benzene rings is 1. The first-order valence-corrected chi connectivity index (χ1v) is 10.8. The van der Waals surface area contributed by atoms with Gasteiger partial charge in [0.25, 0.3) is 0 Å². The maximum atomic E-state index is 13.3. The van der Waals surface area contributed by atoms with Crippen LogP contribution in [0.2, 0.25) is 0 Å². The molecular weight excluding hydrogens is 406 g/mol. The van der Waals surface area contributed by atoms with Crippen LogP contribution in [0, 0.1) is 0 Å². The van der Waals surface area contributed by atoms with E-state index in [4.69, 9.17) is 9.47 Å². The van der Waals surface area contributed by atoms with Crippen molar-refractivity contribution in [1.82, 2.24) is 25.2 Å². The third-order valence-electron chi connectivity index (χ3n) is 5.83. The van der Waals surface area contributed by atoms with E-state index in [2.05, 4.69) is 31.2 Å². The molecule has 3 aromatic rings. The molecule has 1 saturated heterocycles. The molecule has 0 radical (unpaired) electrons. The van der Waals surface area contributed by atoms with E-state index in [-0.39, 0.29) is 12.0 Å². The molecule has 0 saturated carbocycles. The summed E-state index contributed by atoms with van der Waals surface area (Å²) >= 11 is 0. The van der Waals surface area contributed by atoms with E-state index in [0.717, 1.165) is 34.6 Å². The first-order valence-electron chi connectivity index (χ1n) is 10.8. The molecule has 8 nitrogen and oxygen atoms in total. The Labute approximate surface area is 186 Å². The Kier molecular flexibility index (Phi) is 6.04. The smallest absolute Gasteiger partial charge is 0.242 e. The number of morpholine rings is 1.